The van der Waals surface area contributed by atoms with E-state index < -0.39 is 32.7 Å². The SMILES string of the molecule is CC(CCO)NS(=O)(=O)c1cc(C(=O)O)ccc1F. The lowest BCUT2D eigenvalue weighted by Gasteiger charge is -2.13. The van der Waals surface area contributed by atoms with Crippen molar-refractivity contribution >= 4 is 16.0 Å². The summed E-state index contributed by atoms with van der Waals surface area (Å²) in [4.78, 5) is 10.0. The fraction of sp³-hybridized carbons (Fsp3) is 0.364. The van der Waals surface area contributed by atoms with Gasteiger partial charge in [0.25, 0.3) is 0 Å². The Kier molecular flexibility index (Phi) is 4.98. The van der Waals surface area contributed by atoms with Crippen molar-refractivity contribution in [3.05, 3.63) is 29.6 Å². The summed E-state index contributed by atoms with van der Waals surface area (Å²) in [6.45, 7) is 1.29. The first-order chi connectivity index (χ1) is 8.77. The quantitative estimate of drug-likeness (QED) is 0.711. The molecule has 0 heterocycles. The molecule has 6 nitrogen and oxygen atoms in total. The molecule has 0 saturated heterocycles. The first kappa shape index (κ1) is 15.5. The highest BCUT2D eigenvalue weighted by Gasteiger charge is 2.22. The van der Waals surface area contributed by atoms with Crippen molar-refractivity contribution < 1.29 is 27.8 Å². The van der Waals surface area contributed by atoms with E-state index in [1.165, 1.54) is 6.92 Å². The number of aromatic carboxylic acids is 1. The number of rotatable bonds is 6. The maximum Gasteiger partial charge on any atom is 0.335 e. The molecule has 1 unspecified atom stereocenters. The van der Waals surface area contributed by atoms with E-state index in [0.29, 0.717) is 0 Å². The van der Waals surface area contributed by atoms with Crippen LogP contribution in [0.25, 0.3) is 0 Å². The van der Waals surface area contributed by atoms with Gasteiger partial charge in [-0.15, -0.1) is 0 Å². The molecule has 0 bridgehead atoms. The van der Waals surface area contributed by atoms with Gasteiger partial charge in [0, 0.05) is 12.6 Å². The second-order valence-corrected chi connectivity index (χ2v) is 5.67. The maximum absolute atomic E-state index is 13.5. The van der Waals surface area contributed by atoms with E-state index in [1.54, 1.807) is 0 Å². The molecule has 0 radical (unpaired) electrons. The van der Waals surface area contributed by atoms with Crippen LogP contribution in [0.2, 0.25) is 0 Å². The molecular weight excluding hydrogens is 277 g/mol. The summed E-state index contributed by atoms with van der Waals surface area (Å²) in [5.41, 5.74) is -0.323. The highest BCUT2D eigenvalue weighted by Crippen LogP contribution is 2.17. The van der Waals surface area contributed by atoms with Gasteiger partial charge in [-0.25, -0.2) is 22.3 Å². The Labute approximate surface area is 109 Å². The number of aliphatic hydroxyl groups excluding tert-OH is 1. The third-order valence-corrected chi connectivity index (χ3v) is 3.99. The Balaban J connectivity index is 3.13. The molecule has 1 rings (SSSR count). The lowest BCUT2D eigenvalue weighted by Crippen LogP contribution is -2.33. The molecule has 106 valence electrons. The zero-order chi connectivity index (χ0) is 14.6. The summed E-state index contributed by atoms with van der Waals surface area (Å²) in [6.07, 6.45) is 0.166. The van der Waals surface area contributed by atoms with E-state index in [9.17, 15) is 17.6 Å². The average Bonchev–Trinajstić information content (AvgIpc) is 2.28. The fourth-order valence-corrected chi connectivity index (χ4v) is 2.80. The number of aliphatic hydroxyl groups is 1. The number of carboxylic acids is 1. The minimum Gasteiger partial charge on any atom is -0.478 e. The van der Waals surface area contributed by atoms with Gasteiger partial charge in [-0.05, 0) is 31.5 Å². The third kappa shape index (κ3) is 3.98. The normalized spacial score (nSPS) is 13.2. The number of hydrogen-bond donors (Lipinski definition) is 3. The van der Waals surface area contributed by atoms with E-state index in [2.05, 4.69) is 4.72 Å². The van der Waals surface area contributed by atoms with Crippen LogP contribution in [0.3, 0.4) is 0 Å². The summed E-state index contributed by atoms with van der Waals surface area (Å²) in [6, 6.07) is 1.93. The van der Waals surface area contributed by atoms with Crippen LogP contribution in [-0.2, 0) is 10.0 Å². The molecule has 0 aromatic heterocycles. The molecule has 1 atom stereocenters. The molecule has 8 heteroatoms. The van der Waals surface area contributed by atoms with Crippen molar-refractivity contribution in [2.45, 2.75) is 24.3 Å². The molecule has 0 aliphatic carbocycles. The summed E-state index contributed by atoms with van der Waals surface area (Å²) >= 11 is 0. The zero-order valence-corrected chi connectivity index (χ0v) is 10.9. The largest absolute Gasteiger partial charge is 0.478 e. The van der Waals surface area contributed by atoms with Crippen LogP contribution < -0.4 is 4.72 Å². The summed E-state index contributed by atoms with van der Waals surface area (Å²) in [7, 11) is -4.17. The zero-order valence-electron chi connectivity index (χ0n) is 10.1. The predicted octanol–water partition coefficient (Wildman–Crippen LogP) is 0.573. The highest BCUT2D eigenvalue weighted by molar-refractivity contribution is 7.89. The van der Waals surface area contributed by atoms with E-state index >= 15 is 0 Å². The van der Waals surface area contributed by atoms with Gasteiger partial charge in [0.15, 0.2) is 0 Å². The summed E-state index contributed by atoms with van der Waals surface area (Å²) in [5, 5.41) is 17.5. The molecule has 0 spiro atoms. The van der Waals surface area contributed by atoms with E-state index in [-0.39, 0.29) is 18.6 Å². The van der Waals surface area contributed by atoms with Crippen LogP contribution in [0.4, 0.5) is 4.39 Å². The fourth-order valence-electron chi connectivity index (χ4n) is 1.42. The first-order valence-electron chi connectivity index (χ1n) is 5.44. The van der Waals surface area contributed by atoms with Gasteiger partial charge in [-0.2, -0.15) is 0 Å². The van der Waals surface area contributed by atoms with Crippen molar-refractivity contribution in [2.24, 2.45) is 0 Å². The second-order valence-electron chi connectivity index (χ2n) is 3.98. The lowest BCUT2D eigenvalue weighted by molar-refractivity contribution is 0.0696. The standard InChI is InChI=1S/C11H14FNO5S/c1-7(4-5-14)13-19(17,18)10-6-8(11(15)16)2-3-9(10)12/h2-3,6-7,13-14H,4-5H2,1H3,(H,15,16). The topological polar surface area (TPSA) is 104 Å². The van der Waals surface area contributed by atoms with Crippen molar-refractivity contribution in [1.82, 2.24) is 4.72 Å². The number of nitrogens with one attached hydrogen (secondary N) is 1. The van der Waals surface area contributed by atoms with Gasteiger partial charge >= 0.3 is 5.97 Å². The van der Waals surface area contributed by atoms with Crippen molar-refractivity contribution in [2.75, 3.05) is 6.61 Å². The summed E-state index contributed by atoms with van der Waals surface area (Å²) < 4.78 is 39.4. The van der Waals surface area contributed by atoms with Crippen LogP contribution in [0.15, 0.2) is 23.1 Å². The molecule has 0 saturated carbocycles. The summed E-state index contributed by atoms with van der Waals surface area (Å²) in [5.74, 6) is -2.38. The predicted molar refractivity (Wildman–Crippen MR) is 64.8 cm³/mol. The molecule has 0 aliphatic heterocycles. The lowest BCUT2D eigenvalue weighted by atomic mass is 10.2. The number of carbonyl (C=O) groups is 1. The van der Waals surface area contributed by atoms with Crippen LogP contribution >= 0.6 is 0 Å². The van der Waals surface area contributed by atoms with Crippen LogP contribution in [-0.4, -0.2) is 37.2 Å². The Bertz CT molecular complexity index is 572. The van der Waals surface area contributed by atoms with E-state index in [1.807, 2.05) is 0 Å². The smallest absolute Gasteiger partial charge is 0.335 e. The molecular formula is C11H14FNO5S. The molecule has 19 heavy (non-hydrogen) atoms. The number of halogens is 1. The van der Waals surface area contributed by atoms with Gasteiger partial charge in [-0.1, -0.05) is 0 Å². The first-order valence-corrected chi connectivity index (χ1v) is 6.92. The number of carboxylic acid groups (broad SMARTS) is 1. The van der Waals surface area contributed by atoms with Crippen LogP contribution in [0.5, 0.6) is 0 Å². The molecule has 1 aromatic carbocycles. The number of hydrogen-bond acceptors (Lipinski definition) is 4. The molecule has 1 aromatic rings. The molecule has 3 N–H and O–H groups in total. The third-order valence-electron chi connectivity index (χ3n) is 2.39. The number of benzene rings is 1. The van der Waals surface area contributed by atoms with Crippen molar-refractivity contribution in [3.8, 4) is 0 Å². The Morgan fingerprint density at radius 1 is 1.47 bits per heavy atom. The Hall–Kier alpha value is -1.51. The van der Waals surface area contributed by atoms with Gasteiger partial charge in [-0.3, -0.25) is 0 Å². The van der Waals surface area contributed by atoms with E-state index in [4.69, 9.17) is 10.2 Å². The van der Waals surface area contributed by atoms with Gasteiger partial charge < -0.3 is 10.2 Å². The Morgan fingerprint density at radius 2 is 2.11 bits per heavy atom. The number of sulfonamides is 1. The monoisotopic (exact) mass is 291 g/mol. The maximum atomic E-state index is 13.5. The van der Waals surface area contributed by atoms with Crippen molar-refractivity contribution in [3.63, 3.8) is 0 Å². The van der Waals surface area contributed by atoms with Crippen molar-refractivity contribution in [1.29, 1.82) is 0 Å². The Morgan fingerprint density at radius 3 is 2.63 bits per heavy atom. The minimum atomic E-state index is -4.17. The molecule has 0 amide bonds. The second kappa shape index (κ2) is 6.09. The highest BCUT2D eigenvalue weighted by atomic mass is 32.2. The van der Waals surface area contributed by atoms with Crippen LogP contribution in [0, 0.1) is 5.82 Å². The molecule has 0 aliphatic rings. The molecule has 0 fully saturated rings. The average molecular weight is 291 g/mol. The van der Waals surface area contributed by atoms with Gasteiger partial charge in [0.2, 0.25) is 10.0 Å². The van der Waals surface area contributed by atoms with Gasteiger partial charge in [0.05, 0.1) is 5.56 Å². The van der Waals surface area contributed by atoms with E-state index in [0.717, 1.165) is 18.2 Å². The van der Waals surface area contributed by atoms with Crippen LogP contribution in [0.1, 0.15) is 23.7 Å². The van der Waals surface area contributed by atoms with Gasteiger partial charge in [0.1, 0.15) is 10.7 Å². The minimum absolute atomic E-state index is 0.166.